The Bertz CT molecular complexity index is 738. The number of hydrogen-bond acceptors (Lipinski definition) is 1. The normalized spacial score (nSPS) is 19.7. The standard InChI is InChI=1S/C21H26F3N2P/c22-15-13-18(23)20(19(24)14-15)26-12-11-25-21(26)27(16-7-3-1-4-8-16)17-9-5-2-6-10-17/h11-14,16-17H,1-10H2. The molecule has 1 aromatic heterocycles. The van der Waals surface area contributed by atoms with Gasteiger partial charge < -0.3 is 0 Å². The van der Waals surface area contributed by atoms with Crippen LogP contribution in [-0.4, -0.2) is 20.9 Å². The first kappa shape index (κ1) is 19.0. The molecule has 0 spiro atoms. The van der Waals surface area contributed by atoms with Crippen molar-refractivity contribution in [3.63, 3.8) is 0 Å². The van der Waals surface area contributed by atoms with Gasteiger partial charge in [0.1, 0.15) is 17.1 Å². The maximum absolute atomic E-state index is 14.5. The quantitative estimate of drug-likeness (QED) is 0.576. The molecule has 0 atom stereocenters. The van der Waals surface area contributed by atoms with Gasteiger partial charge in [0, 0.05) is 24.5 Å². The van der Waals surface area contributed by atoms with Crippen LogP contribution in [-0.2, 0) is 0 Å². The maximum Gasteiger partial charge on any atom is 0.153 e. The number of hydrogen-bond donors (Lipinski definition) is 0. The van der Waals surface area contributed by atoms with Crippen LogP contribution in [0.25, 0.3) is 5.69 Å². The average molecular weight is 394 g/mol. The topological polar surface area (TPSA) is 17.8 Å². The van der Waals surface area contributed by atoms with Crippen LogP contribution in [0.4, 0.5) is 13.2 Å². The smallest absolute Gasteiger partial charge is 0.153 e. The lowest BCUT2D eigenvalue weighted by Gasteiger charge is -2.38. The van der Waals surface area contributed by atoms with Gasteiger partial charge in [0.05, 0.1) is 0 Å². The first-order chi connectivity index (χ1) is 13.1. The molecule has 0 bridgehead atoms. The number of benzene rings is 1. The highest BCUT2D eigenvalue weighted by atomic mass is 31.1. The molecule has 0 amide bonds. The van der Waals surface area contributed by atoms with Gasteiger partial charge >= 0.3 is 0 Å². The van der Waals surface area contributed by atoms with E-state index in [0.29, 0.717) is 11.3 Å². The molecule has 27 heavy (non-hydrogen) atoms. The Kier molecular flexibility index (Phi) is 5.87. The molecule has 1 heterocycles. The minimum absolute atomic E-state index is 0.192. The van der Waals surface area contributed by atoms with Gasteiger partial charge in [0.25, 0.3) is 0 Å². The van der Waals surface area contributed by atoms with E-state index in [4.69, 9.17) is 0 Å². The highest BCUT2D eigenvalue weighted by Gasteiger charge is 2.35. The third-order valence-electron chi connectivity index (χ3n) is 6.01. The lowest BCUT2D eigenvalue weighted by molar-refractivity contribution is 0.486. The SMILES string of the molecule is Fc1cc(F)c(-n2ccnc2P(C2CCCCC2)C2CCCCC2)c(F)c1. The molecule has 2 aromatic rings. The molecule has 2 aliphatic rings. The van der Waals surface area contributed by atoms with Gasteiger partial charge in [-0.1, -0.05) is 38.5 Å². The Balaban J connectivity index is 1.76. The number of rotatable bonds is 4. The minimum atomic E-state index is -0.891. The lowest BCUT2D eigenvalue weighted by Crippen LogP contribution is -2.31. The molecule has 2 aliphatic carbocycles. The fraction of sp³-hybridized carbons (Fsp3) is 0.571. The number of imidazole rings is 1. The van der Waals surface area contributed by atoms with Gasteiger partial charge in [-0.15, -0.1) is 0 Å². The summed E-state index contributed by atoms with van der Waals surface area (Å²) in [5.41, 5.74) is 1.77. The van der Waals surface area contributed by atoms with Crippen LogP contribution in [0.2, 0.25) is 0 Å². The predicted octanol–water partition coefficient (Wildman–Crippen LogP) is 6.06. The van der Waals surface area contributed by atoms with Gasteiger partial charge in [0.2, 0.25) is 0 Å². The summed E-state index contributed by atoms with van der Waals surface area (Å²) in [5, 5.41) is 0. The first-order valence-electron chi connectivity index (χ1n) is 10.1. The summed E-state index contributed by atoms with van der Waals surface area (Å²) in [4.78, 5) is 4.61. The molecular formula is C21H26F3N2P. The van der Waals surface area contributed by atoms with Crippen molar-refractivity contribution in [2.24, 2.45) is 0 Å². The van der Waals surface area contributed by atoms with Crippen molar-refractivity contribution < 1.29 is 13.2 Å². The van der Waals surface area contributed by atoms with E-state index < -0.39 is 25.4 Å². The Morgan fingerprint density at radius 3 is 1.85 bits per heavy atom. The third-order valence-corrected chi connectivity index (χ3v) is 9.41. The van der Waals surface area contributed by atoms with E-state index in [2.05, 4.69) is 4.98 Å². The molecule has 2 saturated carbocycles. The predicted molar refractivity (Wildman–Crippen MR) is 104 cm³/mol. The Labute approximate surface area is 159 Å². The Morgan fingerprint density at radius 1 is 0.815 bits per heavy atom. The van der Waals surface area contributed by atoms with E-state index in [9.17, 15) is 13.2 Å². The lowest BCUT2D eigenvalue weighted by atomic mass is 9.99. The second-order valence-corrected chi connectivity index (χ2v) is 10.5. The van der Waals surface area contributed by atoms with Crippen molar-refractivity contribution in [1.82, 2.24) is 9.55 Å². The van der Waals surface area contributed by atoms with Gasteiger partial charge in [-0.05, 0) is 44.9 Å². The number of nitrogens with zero attached hydrogens (tertiary/aromatic N) is 2. The van der Waals surface area contributed by atoms with Crippen molar-refractivity contribution in [3.05, 3.63) is 42.0 Å². The molecule has 4 rings (SSSR count). The molecule has 146 valence electrons. The number of halogens is 3. The van der Waals surface area contributed by atoms with Crippen molar-refractivity contribution in [1.29, 1.82) is 0 Å². The Morgan fingerprint density at radius 2 is 1.33 bits per heavy atom. The maximum atomic E-state index is 14.5. The summed E-state index contributed by atoms with van der Waals surface area (Å²) in [6, 6.07) is 1.51. The first-order valence-corrected chi connectivity index (χ1v) is 11.6. The van der Waals surface area contributed by atoms with Crippen LogP contribution in [0.15, 0.2) is 24.5 Å². The monoisotopic (exact) mass is 394 g/mol. The van der Waals surface area contributed by atoms with E-state index in [-0.39, 0.29) is 5.69 Å². The molecule has 2 fully saturated rings. The molecule has 0 saturated heterocycles. The van der Waals surface area contributed by atoms with E-state index in [1.807, 2.05) is 0 Å². The number of aromatic nitrogens is 2. The summed E-state index contributed by atoms with van der Waals surface area (Å²) in [5.74, 6) is -2.62. The fourth-order valence-corrected chi connectivity index (χ4v) is 8.48. The molecule has 0 aliphatic heterocycles. The molecule has 0 unspecified atom stereocenters. The van der Waals surface area contributed by atoms with Crippen molar-refractivity contribution in [2.75, 3.05) is 0 Å². The third kappa shape index (κ3) is 3.94. The van der Waals surface area contributed by atoms with Crippen LogP contribution >= 0.6 is 7.92 Å². The molecule has 0 radical (unpaired) electrons. The largest absolute Gasteiger partial charge is 0.295 e. The van der Waals surface area contributed by atoms with Gasteiger partial charge in [0.15, 0.2) is 11.6 Å². The second-order valence-electron chi connectivity index (χ2n) is 7.81. The molecule has 1 aromatic carbocycles. The van der Waals surface area contributed by atoms with Crippen LogP contribution in [0.5, 0.6) is 0 Å². The summed E-state index contributed by atoms with van der Waals surface area (Å²) in [7, 11) is -0.607. The summed E-state index contributed by atoms with van der Waals surface area (Å²) in [6.07, 6.45) is 15.5. The highest BCUT2D eigenvalue weighted by molar-refractivity contribution is 7.66. The van der Waals surface area contributed by atoms with E-state index >= 15 is 0 Å². The zero-order valence-corrected chi connectivity index (χ0v) is 16.4. The molecule has 2 nitrogen and oxygen atoms in total. The van der Waals surface area contributed by atoms with Gasteiger partial charge in [-0.25, -0.2) is 18.2 Å². The summed E-state index contributed by atoms with van der Waals surface area (Å²) < 4.78 is 43.9. The molecular weight excluding hydrogens is 368 g/mol. The van der Waals surface area contributed by atoms with E-state index in [1.165, 1.54) is 64.2 Å². The van der Waals surface area contributed by atoms with Gasteiger partial charge in [-0.2, -0.15) is 0 Å². The van der Waals surface area contributed by atoms with Crippen LogP contribution in [0.3, 0.4) is 0 Å². The highest BCUT2D eigenvalue weighted by Crippen LogP contribution is 2.54. The van der Waals surface area contributed by atoms with Crippen molar-refractivity contribution in [3.8, 4) is 5.69 Å². The van der Waals surface area contributed by atoms with E-state index in [0.717, 1.165) is 17.7 Å². The summed E-state index contributed by atoms with van der Waals surface area (Å²) in [6.45, 7) is 0. The second kappa shape index (κ2) is 8.34. The minimum Gasteiger partial charge on any atom is -0.295 e. The van der Waals surface area contributed by atoms with Crippen molar-refractivity contribution in [2.45, 2.75) is 75.5 Å². The molecule has 6 heteroatoms. The van der Waals surface area contributed by atoms with Crippen LogP contribution < -0.4 is 5.57 Å². The zero-order chi connectivity index (χ0) is 18.8. The van der Waals surface area contributed by atoms with Crippen LogP contribution in [0.1, 0.15) is 64.2 Å². The fourth-order valence-electron chi connectivity index (χ4n) is 4.77. The summed E-state index contributed by atoms with van der Waals surface area (Å²) >= 11 is 0. The van der Waals surface area contributed by atoms with Crippen molar-refractivity contribution >= 4 is 13.5 Å². The van der Waals surface area contributed by atoms with Gasteiger partial charge in [-0.3, -0.25) is 4.57 Å². The van der Waals surface area contributed by atoms with Crippen LogP contribution in [0, 0.1) is 17.5 Å². The zero-order valence-electron chi connectivity index (χ0n) is 15.5. The molecule has 0 N–H and O–H groups in total. The Hall–Kier alpha value is -1.35. The van der Waals surface area contributed by atoms with E-state index in [1.54, 1.807) is 17.0 Å². The average Bonchev–Trinajstić information content (AvgIpc) is 3.12.